The Bertz CT molecular complexity index is 649. The maximum atomic E-state index is 12.9. The van der Waals surface area contributed by atoms with Gasteiger partial charge in [0.05, 0.1) is 6.42 Å². The van der Waals surface area contributed by atoms with Gasteiger partial charge in [-0.15, -0.1) is 0 Å². The molecular weight excluding hydrogens is 293 g/mol. The molecule has 0 bridgehead atoms. The molecule has 1 aliphatic rings. The maximum Gasteiger partial charge on any atom is 0.228 e. The molecule has 0 spiro atoms. The number of carbonyl (C=O) groups is 1. The van der Waals surface area contributed by atoms with Crippen molar-refractivity contribution in [2.45, 2.75) is 6.42 Å². The number of piperazine rings is 1. The number of rotatable bonds is 4. The fraction of sp³-hybridized carbons (Fsp3) is 0.278. The number of anilines is 2. The molecule has 0 aromatic heterocycles. The van der Waals surface area contributed by atoms with Crippen molar-refractivity contribution in [2.24, 2.45) is 0 Å². The second-order valence-electron chi connectivity index (χ2n) is 5.64. The number of benzene rings is 2. The highest BCUT2D eigenvalue weighted by atomic mass is 19.1. The quantitative estimate of drug-likeness (QED) is 0.911. The summed E-state index contributed by atoms with van der Waals surface area (Å²) in [4.78, 5) is 14.3. The van der Waals surface area contributed by atoms with Gasteiger partial charge >= 0.3 is 0 Å². The number of amides is 1. The summed E-state index contributed by atoms with van der Waals surface area (Å²) in [6.07, 6.45) is 0.236. The number of carbonyl (C=O) groups excluding carboxylic acids is 1. The van der Waals surface area contributed by atoms with Gasteiger partial charge in [0.2, 0.25) is 5.91 Å². The lowest BCUT2D eigenvalue weighted by atomic mass is 10.1. The van der Waals surface area contributed by atoms with Gasteiger partial charge in [-0.25, -0.2) is 4.39 Å². The molecule has 3 rings (SSSR count). The van der Waals surface area contributed by atoms with Crippen molar-refractivity contribution in [3.8, 4) is 0 Å². The van der Waals surface area contributed by atoms with Crippen molar-refractivity contribution in [3.63, 3.8) is 0 Å². The van der Waals surface area contributed by atoms with Gasteiger partial charge in [-0.3, -0.25) is 4.79 Å². The topological polar surface area (TPSA) is 44.4 Å². The van der Waals surface area contributed by atoms with E-state index in [9.17, 15) is 9.18 Å². The van der Waals surface area contributed by atoms with Crippen LogP contribution in [0, 0.1) is 5.82 Å². The maximum absolute atomic E-state index is 12.9. The molecule has 1 saturated heterocycles. The van der Waals surface area contributed by atoms with Crippen LogP contribution in [0.3, 0.4) is 0 Å². The van der Waals surface area contributed by atoms with E-state index in [1.165, 1.54) is 17.8 Å². The zero-order valence-corrected chi connectivity index (χ0v) is 12.9. The normalized spacial score (nSPS) is 14.6. The third-order valence-electron chi connectivity index (χ3n) is 3.91. The lowest BCUT2D eigenvalue weighted by Crippen LogP contribution is -2.43. The van der Waals surface area contributed by atoms with E-state index in [1.807, 2.05) is 24.3 Å². The van der Waals surface area contributed by atoms with Gasteiger partial charge in [0, 0.05) is 37.6 Å². The molecule has 1 fully saturated rings. The third-order valence-corrected chi connectivity index (χ3v) is 3.91. The largest absolute Gasteiger partial charge is 0.369 e. The molecule has 5 heteroatoms. The molecule has 120 valence electrons. The molecule has 0 atom stereocenters. The molecular formula is C18H20FN3O. The Morgan fingerprint density at radius 1 is 1.04 bits per heavy atom. The zero-order chi connectivity index (χ0) is 16.1. The number of halogens is 1. The molecule has 1 heterocycles. The van der Waals surface area contributed by atoms with E-state index in [1.54, 1.807) is 12.1 Å². The van der Waals surface area contributed by atoms with Gasteiger partial charge in [-0.05, 0) is 42.0 Å². The van der Waals surface area contributed by atoms with Crippen molar-refractivity contribution < 1.29 is 9.18 Å². The van der Waals surface area contributed by atoms with Crippen LogP contribution in [-0.4, -0.2) is 32.1 Å². The van der Waals surface area contributed by atoms with Crippen LogP contribution >= 0.6 is 0 Å². The molecule has 2 aromatic rings. The average molecular weight is 313 g/mol. The Labute approximate surface area is 135 Å². The van der Waals surface area contributed by atoms with Crippen LogP contribution in [-0.2, 0) is 11.2 Å². The Morgan fingerprint density at radius 2 is 1.70 bits per heavy atom. The standard InChI is InChI=1S/C18H20FN3O/c19-15-3-1-14(2-4-15)13-18(23)21-16-5-7-17(8-6-16)22-11-9-20-10-12-22/h1-8,20H,9-13H2,(H,21,23). The number of nitrogens with one attached hydrogen (secondary N) is 2. The molecule has 2 aromatic carbocycles. The third kappa shape index (κ3) is 4.29. The first-order valence-corrected chi connectivity index (χ1v) is 7.81. The number of hydrogen-bond acceptors (Lipinski definition) is 3. The molecule has 4 nitrogen and oxygen atoms in total. The van der Waals surface area contributed by atoms with Gasteiger partial charge < -0.3 is 15.5 Å². The monoisotopic (exact) mass is 313 g/mol. The summed E-state index contributed by atoms with van der Waals surface area (Å²) in [6, 6.07) is 13.9. The van der Waals surface area contributed by atoms with Gasteiger partial charge in [-0.1, -0.05) is 12.1 Å². The Balaban J connectivity index is 1.57. The van der Waals surface area contributed by atoms with E-state index >= 15 is 0 Å². The van der Waals surface area contributed by atoms with Crippen LogP contribution in [0.25, 0.3) is 0 Å². The smallest absolute Gasteiger partial charge is 0.228 e. The highest BCUT2D eigenvalue weighted by Gasteiger charge is 2.10. The van der Waals surface area contributed by atoms with Crippen LogP contribution in [0.1, 0.15) is 5.56 Å². The minimum absolute atomic E-state index is 0.105. The summed E-state index contributed by atoms with van der Waals surface area (Å²) in [6.45, 7) is 3.98. The van der Waals surface area contributed by atoms with E-state index in [-0.39, 0.29) is 18.1 Å². The second kappa shape index (κ2) is 7.24. The van der Waals surface area contributed by atoms with Crippen molar-refractivity contribution in [3.05, 3.63) is 59.9 Å². The fourth-order valence-electron chi connectivity index (χ4n) is 2.67. The highest BCUT2D eigenvalue weighted by Crippen LogP contribution is 2.18. The van der Waals surface area contributed by atoms with E-state index in [2.05, 4.69) is 15.5 Å². The van der Waals surface area contributed by atoms with Gasteiger partial charge in [0.25, 0.3) is 0 Å². The lowest BCUT2D eigenvalue weighted by molar-refractivity contribution is -0.115. The van der Waals surface area contributed by atoms with Crippen LogP contribution in [0.15, 0.2) is 48.5 Å². The Hall–Kier alpha value is -2.40. The second-order valence-corrected chi connectivity index (χ2v) is 5.64. The summed E-state index contributed by atoms with van der Waals surface area (Å²) >= 11 is 0. The molecule has 1 aliphatic heterocycles. The van der Waals surface area contributed by atoms with Crippen molar-refractivity contribution in [1.82, 2.24) is 5.32 Å². The van der Waals surface area contributed by atoms with Gasteiger partial charge in [0.1, 0.15) is 5.82 Å². The first-order valence-electron chi connectivity index (χ1n) is 7.81. The van der Waals surface area contributed by atoms with E-state index in [4.69, 9.17) is 0 Å². The highest BCUT2D eigenvalue weighted by molar-refractivity contribution is 5.92. The fourth-order valence-corrected chi connectivity index (χ4v) is 2.67. The minimum atomic E-state index is -0.294. The van der Waals surface area contributed by atoms with E-state index in [0.29, 0.717) is 0 Å². The first kappa shape index (κ1) is 15.5. The van der Waals surface area contributed by atoms with Crippen molar-refractivity contribution in [1.29, 1.82) is 0 Å². The molecule has 0 aliphatic carbocycles. The SMILES string of the molecule is O=C(Cc1ccc(F)cc1)Nc1ccc(N2CCNCC2)cc1. The molecule has 0 saturated carbocycles. The zero-order valence-electron chi connectivity index (χ0n) is 12.9. The molecule has 2 N–H and O–H groups in total. The van der Waals surface area contributed by atoms with Crippen LogP contribution < -0.4 is 15.5 Å². The number of nitrogens with zero attached hydrogens (tertiary/aromatic N) is 1. The van der Waals surface area contributed by atoms with Crippen molar-refractivity contribution in [2.75, 3.05) is 36.4 Å². The molecule has 0 unspecified atom stereocenters. The average Bonchev–Trinajstić information content (AvgIpc) is 2.58. The molecule has 0 radical (unpaired) electrons. The molecule has 23 heavy (non-hydrogen) atoms. The predicted octanol–water partition coefficient (Wildman–Crippen LogP) is 2.42. The summed E-state index contributed by atoms with van der Waals surface area (Å²) < 4.78 is 12.9. The summed E-state index contributed by atoms with van der Waals surface area (Å²) in [5, 5.41) is 6.20. The van der Waals surface area contributed by atoms with Crippen molar-refractivity contribution >= 4 is 17.3 Å². The van der Waals surface area contributed by atoms with E-state index in [0.717, 1.165) is 37.4 Å². The summed E-state index contributed by atoms with van der Waals surface area (Å²) in [7, 11) is 0. The van der Waals surface area contributed by atoms with Crippen LogP contribution in [0.4, 0.5) is 15.8 Å². The minimum Gasteiger partial charge on any atom is -0.369 e. The number of hydrogen-bond donors (Lipinski definition) is 2. The Morgan fingerprint density at radius 3 is 2.35 bits per heavy atom. The molecule has 1 amide bonds. The Kier molecular flexibility index (Phi) is 4.88. The van der Waals surface area contributed by atoms with Crippen LogP contribution in [0.5, 0.6) is 0 Å². The summed E-state index contributed by atoms with van der Waals surface area (Å²) in [5.74, 6) is -0.399. The predicted molar refractivity (Wildman–Crippen MR) is 90.3 cm³/mol. The lowest BCUT2D eigenvalue weighted by Gasteiger charge is -2.29. The first-order chi connectivity index (χ1) is 11.2. The van der Waals surface area contributed by atoms with Gasteiger partial charge in [-0.2, -0.15) is 0 Å². The van der Waals surface area contributed by atoms with Gasteiger partial charge in [0.15, 0.2) is 0 Å². The van der Waals surface area contributed by atoms with Crippen LogP contribution in [0.2, 0.25) is 0 Å². The summed E-state index contributed by atoms with van der Waals surface area (Å²) in [5.41, 5.74) is 2.74. The van der Waals surface area contributed by atoms with E-state index < -0.39 is 0 Å².